The SMILES string of the molecule is CC(C)(C)OC(=O)N[C@@H](Cc1ccccc1)C(=O)N[C@@H]1[C@@H](O)[C@H](O)[C@@H](Nc2ncnc3nc[nH]c23)O[C@H]1CO. The first-order valence-electron chi connectivity index (χ1n) is 12.4. The quantitative estimate of drug-likeness (QED) is 0.199. The smallest absolute Gasteiger partial charge is 0.408 e. The van der Waals surface area contributed by atoms with Crippen LogP contribution in [0, 0.1) is 0 Å². The predicted molar refractivity (Wildman–Crippen MR) is 138 cm³/mol. The van der Waals surface area contributed by atoms with Gasteiger partial charge in [-0.3, -0.25) is 4.79 Å². The lowest BCUT2D eigenvalue weighted by molar-refractivity contribution is -0.185. The van der Waals surface area contributed by atoms with Crippen molar-refractivity contribution in [1.29, 1.82) is 0 Å². The zero-order chi connectivity index (χ0) is 28.2. The van der Waals surface area contributed by atoms with Gasteiger partial charge >= 0.3 is 6.09 Å². The second-order valence-corrected chi connectivity index (χ2v) is 10.1. The highest BCUT2D eigenvalue weighted by molar-refractivity contribution is 5.86. The molecule has 1 aromatic carbocycles. The maximum atomic E-state index is 13.4. The van der Waals surface area contributed by atoms with Crippen molar-refractivity contribution in [1.82, 2.24) is 30.6 Å². The maximum Gasteiger partial charge on any atom is 0.408 e. The van der Waals surface area contributed by atoms with Gasteiger partial charge in [-0.25, -0.2) is 19.7 Å². The number of aliphatic hydroxyl groups is 3. The summed E-state index contributed by atoms with van der Waals surface area (Å²) in [6, 6.07) is 6.74. The Kier molecular flexibility index (Phi) is 8.60. The number of amides is 2. The van der Waals surface area contributed by atoms with Gasteiger partial charge in [-0.15, -0.1) is 0 Å². The standard InChI is InChI=1S/C25H33N7O7/c1-25(2,3)39-24(37)30-14(9-13-7-5-4-6-8-13)22(36)31-16-15(10-33)38-23(19(35)18(16)34)32-21-17-20(27-11-26-17)28-12-29-21/h4-8,11-12,14-16,18-19,23,33-35H,9-10H2,1-3H3,(H,30,37)(H,31,36)(H2,26,27,28,29,32)/t14-,15-,16-,18+,19-,23-/m0/s1. The molecule has 0 saturated carbocycles. The van der Waals surface area contributed by atoms with Crippen molar-refractivity contribution in [3.05, 3.63) is 48.5 Å². The molecule has 3 aromatic rings. The van der Waals surface area contributed by atoms with Crippen LogP contribution in [0.25, 0.3) is 11.2 Å². The van der Waals surface area contributed by atoms with E-state index in [1.54, 1.807) is 45.0 Å². The number of benzene rings is 1. The van der Waals surface area contributed by atoms with Crippen LogP contribution in [0.3, 0.4) is 0 Å². The Labute approximate surface area is 224 Å². The van der Waals surface area contributed by atoms with E-state index in [4.69, 9.17) is 9.47 Å². The molecule has 1 saturated heterocycles. The van der Waals surface area contributed by atoms with E-state index in [1.165, 1.54) is 12.7 Å². The highest BCUT2D eigenvalue weighted by Gasteiger charge is 2.46. The van der Waals surface area contributed by atoms with Gasteiger partial charge in [0, 0.05) is 6.42 Å². The summed E-state index contributed by atoms with van der Waals surface area (Å²) < 4.78 is 11.1. The third-order valence-corrected chi connectivity index (χ3v) is 6.03. The number of alkyl carbamates (subject to hydrolysis) is 1. The molecule has 4 rings (SSSR count). The molecule has 0 unspecified atom stereocenters. The predicted octanol–water partition coefficient (Wildman–Crippen LogP) is -0.175. The summed E-state index contributed by atoms with van der Waals surface area (Å²) in [5.74, 6) is -0.401. The van der Waals surface area contributed by atoms with Crippen LogP contribution in [0.5, 0.6) is 0 Å². The molecule has 1 aliphatic rings. The van der Waals surface area contributed by atoms with Crippen molar-refractivity contribution >= 4 is 29.0 Å². The first kappa shape index (κ1) is 28.2. The molecule has 14 heteroatoms. The number of hydrogen-bond donors (Lipinski definition) is 7. The van der Waals surface area contributed by atoms with E-state index in [0.29, 0.717) is 11.2 Å². The van der Waals surface area contributed by atoms with Crippen LogP contribution in [0.15, 0.2) is 43.0 Å². The number of H-pyrrole nitrogens is 1. The lowest BCUT2D eigenvalue weighted by Crippen LogP contribution is -2.67. The number of aromatic amines is 1. The zero-order valence-electron chi connectivity index (χ0n) is 21.7. The van der Waals surface area contributed by atoms with Gasteiger partial charge in [0.25, 0.3) is 0 Å². The molecule has 1 aliphatic heterocycles. The highest BCUT2D eigenvalue weighted by atomic mass is 16.6. The fraction of sp³-hybridized carbons (Fsp3) is 0.480. The largest absolute Gasteiger partial charge is 0.444 e. The second-order valence-electron chi connectivity index (χ2n) is 10.1. The van der Waals surface area contributed by atoms with Crippen LogP contribution in [-0.2, 0) is 20.7 Å². The van der Waals surface area contributed by atoms with Crippen LogP contribution in [0.4, 0.5) is 10.6 Å². The third kappa shape index (κ3) is 6.97. The first-order valence-corrected chi connectivity index (χ1v) is 12.4. The number of aromatic nitrogens is 4. The lowest BCUT2D eigenvalue weighted by Gasteiger charge is -2.43. The molecular formula is C25H33N7O7. The molecule has 7 N–H and O–H groups in total. The molecule has 6 atom stereocenters. The zero-order valence-corrected chi connectivity index (χ0v) is 21.7. The number of nitrogens with zero attached hydrogens (tertiary/aromatic N) is 3. The molecular weight excluding hydrogens is 510 g/mol. The molecule has 3 heterocycles. The Bertz CT molecular complexity index is 1260. The van der Waals surface area contributed by atoms with Crippen LogP contribution in [0.1, 0.15) is 26.3 Å². The second kappa shape index (κ2) is 11.9. The van der Waals surface area contributed by atoms with Gasteiger partial charge in [0.2, 0.25) is 5.91 Å². The topological polar surface area (TPSA) is 204 Å². The number of aliphatic hydroxyl groups excluding tert-OH is 3. The molecule has 0 radical (unpaired) electrons. The van der Waals surface area contributed by atoms with Gasteiger partial charge in [0.1, 0.15) is 41.8 Å². The number of carbonyl (C=O) groups excluding carboxylic acids is 2. The minimum absolute atomic E-state index is 0.125. The van der Waals surface area contributed by atoms with Crippen molar-refractivity contribution in [3.63, 3.8) is 0 Å². The van der Waals surface area contributed by atoms with Crippen LogP contribution >= 0.6 is 0 Å². The molecule has 2 aromatic heterocycles. The average Bonchev–Trinajstić information content (AvgIpc) is 3.37. The number of fused-ring (bicyclic) bond motifs is 1. The van der Waals surface area contributed by atoms with Gasteiger partial charge in [0.05, 0.1) is 19.0 Å². The summed E-state index contributed by atoms with van der Waals surface area (Å²) >= 11 is 0. The van der Waals surface area contributed by atoms with Gasteiger partial charge in [-0.2, -0.15) is 0 Å². The first-order chi connectivity index (χ1) is 18.6. The van der Waals surface area contributed by atoms with Gasteiger partial charge in [-0.05, 0) is 26.3 Å². The van der Waals surface area contributed by atoms with Gasteiger partial charge < -0.3 is 45.7 Å². The molecule has 0 bridgehead atoms. The van der Waals surface area contributed by atoms with E-state index in [0.717, 1.165) is 5.56 Å². The number of rotatable bonds is 8. The minimum Gasteiger partial charge on any atom is -0.444 e. The van der Waals surface area contributed by atoms with E-state index >= 15 is 0 Å². The van der Waals surface area contributed by atoms with Crippen molar-refractivity contribution in [2.75, 3.05) is 11.9 Å². The van der Waals surface area contributed by atoms with Gasteiger partial charge in [-0.1, -0.05) is 30.3 Å². The number of imidazole rings is 1. The Hall–Kier alpha value is -3.85. The molecule has 14 nitrogen and oxygen atoms in total. The number of hydrogen-bond acceptors (Lipinski definition) is 11. The van der Waals surface area contributed by atoms with Crippen LogP contribution < -0.4 is 16.0 Å². The molecule has 2 amide bonds. The molecule has 0 aliphatic carbocycles. The summed E-state index contributed by atoms with van der Waals surface area (Å²) in [6.45, 7) is 4.51. The van der Waals surface area contributed by atoms with Crippen molar-refractivity contribution in [2.45, 2.75) is 69.4 Å². The molecule has 210 valence electrons. The number of carbonyl (C=O) groups is 2. The maximum absolute atomic E-state index is 13.4. The number of nitrogens with one attached hydrogen (secondary N) is 4. The Morgan fingerprint density at radius 1 is 1.13 bits per heavy atom. The van der Waals surface area contributed by atoms with E-state index in [2.05, 4.69) is 35.9 Å². The summed E-state index contributed by atoms with van der Waals surface area (Å²) in [5.41, 5.74) is 0.817. The normalized spacial score (nSPS) is 24.1. The third-order valence-electron chi connectivity index (χ3n) is 6.03. The Morgan fingerprint density at radius 3 is 2.56 bits per heavy atom. The Balaban J connectivity index is 1.48. The lowest BCUT2D eigenvalue weighted by atomic mass is 9.94. The average molecular weight is 544 g/mol. The Morgan fingerprint density at radius 2 is 1.87 bits per heavy atom. The summed E-state index contributed by atoms with van der Waals surface area (Å²) in [5, 5.41) is 39.9. The van der Waals surface area contributed by atoms with E-state index in [1.807, 2.05) is 6.07 Å². The van der Waals surface area contributed by atoms with Crippen LogP contribution in [0.2, 0.25) is 0 Å². The molecule has 1 fully saturated rings. The van der Waals surface area contributed by atoms with Crippen LogP contribution in [-0.4, -0.2) is 96.1 Å². The van der Waals surface area contributed by atoms with E-state index in [-0.39, 0.29) is 12.2 Å². The van der Waals surface area contributed by atoms with E-state index in [9.17, 15) is 24.9 Å². The molecule has 0 spiro atoms. The van der Waals surface area contributed by atoms with Gasteiger partial charge in [0.15, 0.2) is 17.7 Å². The number of ether oxygens (including phenoxy) is 2. The summed E-state index contributed by atoms with van der Waals surface area (Å²) in [7, 11) is 0. The fourth-order valence-electron chi connectivity index (χ4n) is 4.20. The number of anilines is 1. The highest BCUT2D eigenvalue weighted by Crippen LogP contribution is 2.24. The van der Waals surface area contributed by atoms with Crippen molar-refractivity contribution in [2.24, 2.45) is 0 Å². The van der Waals surface area contributed by atoms with E-state index < -0.39 is 60.8 Å². The molecule has 39 heavy (non-hydrogen) atoms. The fourth-order valence-corrected chi connectivity index (χ4v) is 4.20. The minimum atomic E-state index is -1.55. The monoisotopic (exact) mass is 543 g/mol. The summed E-state index contributed by atoms with van der Waals surface area (Å²) in [4.78, 5) is 40.9. The van der Waals surface area contributed by atoms with Crippen molar-refractivity contribution in [3.8, 4) is 0 Å². The van der Waals surface area contributed by atoms with Crippen molar-refractivity contribution < 1.29 is 34.4 Å². The summed E-state index contributed by atoms with van der Waals surface area (Å²) in [6.07, 6.45) is -3.34.